The summed E-state index contributed by atoms with van der Waals surface area (Å²) in [7, 11) is 1.41. The van der Waals surface area contributed by atoms with Gasteiger partial charge in [0.2, 0.25) is 10.0 Å². The first-order valence-electron chi connectivity index (χ1n) is 13.8. The average Bonchev–Trinajstić information content (AvgIpc) is 3.24. The molecular weight excluding hydrogens is 544 g/mol. The van der Waals surface area contributed by atoms with Gasteiger partial charge in [-0.05, 0) is 53.2 Å². The van der Waals surface area contributed by atoms with Crippen molar-refractivity contribution in [3.8, 4) is 5.75 Å². The normalized spacial score (nSPS) is 16.1. The van der Waals surface area contributed by atoms with Crippen molar-refractivity contribution in [1.29, 1.82) is 0 Å². The summed E-state index contributed by atoms with van der Waals surface area (Å²) in [6.07, 6.45) is 5.06. The largest absolute Gasteiger partial charge is 0.492 e. The Bertz CT molecular complexity index is 1460. The van der Waals surface area contributed by atoms with Gasteiger partial charge in [0.25, 0.3) is 5.91 Å². The van der Waals surface area contributed by atoms with Crippen LogP contribution in [0.2, 0.25) is 0 Å². The summed E-state index contributed by atoms with van der Waals surface area (Å²) in [5, 5.41) is 5.68. The first-order valence-corrected chi connectivity index (χ1v) is 15.7. The number of benzene rings is 1. The van der Waals surface area contributed by atoms with Crippen LogP contribution in [0.15, 0.2) is 24.3 Å². The minimum atomic E-state index is -3.59. The maximum atomic E-state index is 13.7. The predicted octanol–water partition coefficient (Wildman–Crippen LogP) is 3.24. The van der Waals surface area contributed by atoms with Crippen LogP contribution in [-0.4, -0.2) is 87.9 Å². The van der Waals surface area contributed by atoms with Crippen molar-refractivity contribution in [2.45, 2.75) is 39.0 Å². The molecule has 1 aromatic carbocycles. The van der Waals surface area contributed by atoms with Crippen LogP contribution < -0.4 is 20.1 Å². The summed E-state index contributed by atoms with van der Waals surface area (Å²) in [5.74, 6) is -0.0673. The zero-order valence-electron chi connectivity index (χ0n) is 25.1. The molecule has 41 heavy (non-hydrogen) atoms. The smallest absolute Gasteiger partial charge is 0.317 e. The summed E-state index contributed by atoms with van der Waals surface area (Å²) in [6.45, 7) is 9.71. The molecule has 4 rings (SSSR count). The molecule has 1 saturated heterocycles. The SMILES string of the molecule is CNC(=O)N1CCN(CC2=CCCc3cc(C(=O)Nc4cc(C(C)(C)C)cc(NS(C)(=O)=O)c4OC)n(C)c32)CC1. The Labute approximate surface area is 243 Å². The average molecular weight is 587 g/mol. The van der Waals surface area contributed by atoms with E-state index in [0.29, 0.717) is 24.5 Å². The van der Waals surface area contributed by atoms with E-state index in [1.54, 1.807) is 13.1 Å². The van der Waals surface area contributed by atoms with Gasteiger partial charge in [0.15, 0.2) is 5.75 Å². The fourth-order valence-corrected chi connectivity index (χ4v) is 6.03. The molecule has 0 atom stereocenters. The molecule has 3 N–H and O–H groups in total. The summed E-state index contributed by atoms with van der Waals surface area (Å²) >= 11 is 0. The molecule has 2 aliphatic rings. The van der Waals surface area contributed by atoms with E-state index < -0.39 is 10.0 Å². The lowest BCUT2D eigenvalue weighted by atomic mass is 9.86. The molecule has 12 heteroatoms. The second-order valence-corrected chi connectivity index (χ2v) is 13.5. The van der Waals surface area contributed by atoms with Crippen LogP contribution in [0.3, 0.4) is 0 Å². The number of anilines is 2. The monoisotopic (exact) mass is 586 g/mol. The van der Waals surface area contributed by atoms with Crippen molar-refractivity contribution >= 4 is 38.9 Å². The highest BCUT2D eigenvalue weighted by atomic mass is 32.2. The van der Waals surface area contributed by atoms with Gasteiger partial charge < -0.3 is 24.8 Å². The number of aryl methyl sites for hydroxylation is 1. The molecule has 11 nitrogen and oxygen atoms in total. The van der Waals surface area contributed by atoms with Crippen molar-refractivity contribution in [2.24, 2.45) is 7.05 Å². The summed E-state index contributed by atoms with van der Waals surface area (Å²) in [4.78, 5) is 29.8. The van der Waals surface area contributed by atoms with E-state index in [2.05, 4.69) is 26.3 Å². The quantitative estimate of drug-likeness (QED) is 0.458. The van der Waals surface area contributed by atoms with Crippen molar-refractivity contribution in [2.75, 3.05) is 63.2 Å². The first kappa shape index (κ1) is 30.4. The highest BCUT2D eigenvalue weighted by molar-refractivity contribution is 7.92. The van der Waals surface area contributed by atoms with Gasteiger partial charge in [0, 0.05) is 52.5 Å². The number of hydrogen-bond acceptors (Lipinski definition) is 6. The van der Waals surface area contributed by atoms with Gasteiger partial charge >= 0.3 is 6.03 Å². The van der Waals surface area contributed by atoms with Crippen molar-refractivity contribution in [3.63, 3.8) is 0 Å². The van der Waals surface area contributed by atoms with Crippen molar-refractivity contribution < 1.29 is 22.7 Å². The number of methoxy groups -OCH3 is 1. The third kappa shape index (κ3) is 6.87. The molecule has 1 aliphatic carbocycles. The van der Waals surface area contributed by atoms with Crippen molar-refractivity contribution in [3.05, 3.63) is 46.8 Å². The zero-order valence-corrected chi connectivity index (χ0v) is 25.9. The number of carbonyl (C=O) groups is 2. The van der Waals surface area contributed by atoms with Gasteiger partial charge in [-0.2, -0.15) is 0 Å². The third-order valence-electron chi connectivity index (χ3n) is 7.62. The first-order chi connectivity index (χ1) is 19.2. The molecule has 0 bridgehead atoms. The molecular formula is C29H42N6O5S. The molecule has 2 heterocycles. The molecule has 3 amide bonds. The van der Waals surface area contributed by atoms with Crippen LogP contribution in [0, 0.1) is 0 Å². The fraction of sp³-hybridized carbons (Fsp3) is 0.517. The Morgan fingerprint density at radius 1 is 1.05 bits per heavy atom. The number of fused-ring (bicyclic) bond motifs is 1. The molecule has 2 aromatic rings. The number of amides is 3. The van der Waals surface area contributed by atoms with Crippen LogP contribution in [0.1, 0.15) is 54.5 Å². The Balaban J connectivity index is 1.60. The third-order valence-corrected chi connectivity index (χ3v) is 8.21. The van der Waals surface area contributed by atoms with E-state index in [9.17, 15) is 18.0 Å². The minimum Gasteiger partial charge on any atom is -0.492 e. The molecule has 1 aliphatic heterocycles. The predicted molar refractivity (Wildman–Crippen MR) is 162 cm³/mol. The molecule has 0 unspecified atom stereocenters. The minimum absolute atomic E-state index is 0.0502. The van der Waals surface area contributed by atoms with Crippen LogP contribution in [0.25, 0.3) is 5.57 Å². The van der Waals surface area contributed by atoms with Gasteiger partial charge in [-0.1, -0.05) is 26.8 Å². The highest BCUT2D eigenvalue weighted by Gasteiger charge is 2.27. The number of carbonyl (C=O) groups excluding carboxylic acids is 2. The summed E-state index contributed by atoms with van der Waals surface area (Å²) in [6, 6.07) is 5.46. The summed E-state index contributed by atoms with van der Waals surface area (Å²) in [5.41, 5.74) is 5.04. The topological polar surface area (TPSA) is 125 Å². The number of nitrogens with one attached hydrogen (secondary N) is 3. The number of nitrogens with zero attached hydrogens (tertiary/aromatic N) is 3. The van der Waals surface area contributed by atoms with E-state index in [4.69, 9.17) is 4.74 Å². The standard InChI is InChI=1S/C29H42N6O5S/c1-29(2,3)21-16-22(26(40-6)23(17-21)32-41(7,38)39)31-27(36)24-15-19-9-8-10-20(25(19)33(24)5)18-34-11-13-35(14-12-34)28(37)30-4/h10,15-17,32H,8-9,11-14,18H2,1-7H3,(H,30,37)(H,31,36). The number of allylic oxidation sites excluding steroid dienone is 1. The van der Waals surface area contributed by atoms with Gasteiger partial charge in [-0.25, -0.2) is 13.2 Å². The van der Waals surface area contributed by atoms with Crippen LogP contribution in [-0.2, 0) is 28.9 Å². The Kier molecular flexibility index (Phi) is 8.74. The lowest BCUT2D eigenvalue weighted by Crippen LogP contribution is -2.51. The van der Waals surface area contributed by atoms with E-state index >= 15 is 0 Å². The number of urea groups is 1. The zero-order chi connectivity index (χ0) is 30.1. The highest BCUT2D eigenvalue weighted by Crippen LogP contribution is 2.39. The molecule has 1 aromatic heterocycles. The Morgan fingerprint density at radius 3 is 2.29 bits per heavy atom. The number of ether oxygens (including phenoxy) is 1. The lowest BCUT2D eigenvalue weighted by molar-refractivity contribution is 0.101. The fourth-order valence-electron chi connectivity index (χ4n) is 5.48. The molecule has 0 radical (unpaired) electrons. The number of rotatable bonds is 7. The van der Waals surface area contributed by atoms with E-state index in [-0.39, 0.29) is 28.8 Å². The number of aromatic nitrogens is 1. The Hall–Kier alpha value is -3.51. The maximum Gasteiger partial charge on any atom is 0.317 e. The van der Waals surface area contributed by atoms with Crippen molar-refractivity contribution in [1.82, 2.24) is 19.7 Å². The number of sulfonamides is 1. The Morgan fingerprint density at radius 2 is 1.71 bits per heavy atom. The van der Waals surface area contributed by atoms with E-state index in [0.717, 1.165) is 55.6 Å². The molecule has 0 saturated carbocycles. The van der Waals surface area contributed by atoms with Gasteiger partial charge in [0.05, 0.1) is 24.7 Å². The second-order valence-electron chi connectivity index (χ2n) is 11.7. The van der Waals surface area contributed by atoms with E-state index in [1.165, 1.54) is 12.7 Å². The maximum absolute atomic E-state index is 13.7. The number of hydrogen-bond donors (Lipinski definition) is 3. The lowest BCUT2D eigenvalue weighted by Gasteiger charge is -2.35. The van der Waals surface area contributed by atoms with Gasteiger partial charge in [0.1, 0.15) is 5.69 Å². The van der Waals surface area contributed by atoms with Crippen LogP contribution in [0.4, 0.5) is 16.2 Å². The molecule has 0 spiro atoms. The second kappa shape index (κ2) is 11.8. The van der Waals surface area contributed by atoms with Gasteiger partial charge in [-0.15, -0.1) is 0 Å². The van der Waals surface area contributed by atoms with E-state index in [1.807, 2.05) is 49.4 Å². The van der Waals surface area contributed by atoms with Crippen LogP contribution in [0.5, 0.6) is 5.75 Å². The van der Waals surface area contributed by atoms with Gasteiger partial charge in [-0.3, -0.25) is 14.4 Å². The summed E-state index contributed by atoms with van der Waals surface area (Å²) < 4.78 is 34.2. The molecule has 224 valence electrons. The number of piperazine rings is 1. The van der Waals surface area contributed by atoms with Crippen LogP contribution >= 0.6 is 0 Å². The molecule has 1 fully saturated rings.